The Labute approximate surface area is 154 Å². The Morgan fingerprint density at radius 3 is 2.92 bits per heavy atom. The van der Waals surface area contributed by atoms with Crippen LogP contribution in [0.3, 0.4) is 0 Å². The van der Waals surface area contributed by atoms with E-state index in [9.17, 15) is 4.79 Å². The largest absolute Gasteiger partial charge is 0.454 e. The summed E-state index contributed by atoms with van der Waals surface area (Å²) in [6.45, 7) is 6.72. The topological polar surface area (TPSA) is 52.8 Å². The number of hydrogen-bond acceptors (Lipinski definition) is 4. The molecule has 0 radical (unpaired) electrons. The summed E-state index contributed by atoms with van der Waals surface area (Å²) in [5, 5.41) is 0. The van der Waals surface area contributed by atoms with Gasteiger partial charge in [0, 0.05) is 12.1 Å². The summed E-state index contributed by atoms with van der Waals surface area (Å²) in [6.07, 6.45) is 2.78. The number of nitrogens with zero attached hydrogens (tertiary/aromatic N) is 2. The predicted molar refractivity (Wildman–Crippen MR) is 102 cm³/mol. The van der Waals surface area contributed by atoms with Crippen molar-refractivity contribution in [2.24, 2.45) is 4.99 Å². The molecule has 26 heavy (non-hydrogen) atoms. The van der Waals surface area contributed by atoms with Crippen LogP contribution in [0.15, 0.2) is 54.0 Å². The second-order valence-corrected chi connectivity index (χ2v) is 6.93. The molecule has 4 rings (SSSR count). The molecule has 0 fully saturated rings. The third-order valence-corrected chi connectivity index (χ3v) is 5.32. The van der Waals surface area contributed by atoms with Gasteiger partial charge < -0.3 is 14.0 Å². The highest BCUT2D eigenvalue weighted by molar-refractivity contribution is 7.16. The summed E-state index contributed by atoms with van der Waals surface area (Å²) in [6, 6.07) is 11.5. The van der Waals surface area contributed by atoms with Gasteiger partial charge in [0.15, 0.2) is 16.3 Å². The van der Waals surface area contributed by atoms with Gasteiger partial charge in [0.1, 0.15) is 0 Å². The SMILES string of the molecule is C=CCn1c(=NC(=O)c2ccc3c(c2)OCO3)sc2cc(CC)ccc21. The van der Waals surface area contributed by atoms with Crippen LogP contribution in [0.5, 0.6) is 11.5 Å². The molecular formula is C20H18N2O3S. The molecule has 0 unspecified atom stereocenters. The number of rotatable bonds is 4. The molecular weight excluding hydrogens is 348 g/mol. The van der Waals surface area contributed by atoms with E-state index in [1.807, 2.05) is 10.6 Å². The molecule has 0 spiro atoms. The Kier molecular flexibility index (Phi) is 4.34. The van der Waals surface area contributed by atoms with Crippen LogP contribution in [0.25, 0.3) is 10.2 Å². The fourth-order valence-electron chi connectivity index (χ4n) is 2.91. The van der Waals surface area contributed by atoms with Gasteiger partial charge in [-0.15, -0.1) is 6.58 Å². The van der Waals surface area contributed by atoms with Crippen LogP contribution in [-0.4, -0.2) is 17.3 Å². The van der Waals surface area contributed by atoms with Crippen molar-refractivity contribution in [1.82, 2.24) is 4.57 Å². The number of carbonyl (C=O) groups is 1. The van der Waals surface area contributed by atoms with E-state index in [1.165, 1.54) is 16.9 Å². The van der Waals surface area contributed by atoms with Gasteiger partial charge in [0.05, 0.1) is 10.2 Å². The van der Waals surface area contributed by atoms with Gasteiger partial charge in [-0.3, -0.25) is 4.79 Å². The summed E-state index contributed by atoms with van der Waals surface area (Å²) in [5.41, 5.74) is 2.80. The molecule has 132 valence electrons. The molecule has 1 aromatic heterocycles. The first-order valence-electron chi connectivity index (χ1n) is 8.41. The van der Waals surface area contributed by atoms with Gasteiger partial charge in [0.2, 0.25) is 6.79 Å². The predicted octanol–water partition coefficient (Wildman–Crippen LogP) is 3.92. The molecule has 0 N–H and O–H groups in total. The monoisotopic (exact) mass is 366 g/mol. The van der Waals surface area contributed by atoms with Crippen molar-refractivity contribution in [1.29, 1.82) is 0 Å². The van der Waals surface area contributed by atoms with Crippen molar-refractivity contribution in [3.05, 3.63) is 65.0 Å². The molecule has 0 aliphatic carbocycles. The first-order valence-corrected chi connectivity index (χ1v) is 9.23. The number of aromatic nitrogens is 1. The maximum absolute atomic E-state index is 12.7. The number of hydrogen-bond donors (Lipinski definition) is 0. The molecule has 0 bridgehead atoms. The van der Waals surface area contributed by atoms with Crippen LogP contribution >= 0.6 is 11.3 Å². The van der Waals surface area contributed by atoms with E-state index in [0.717, 1.165) is 16.6 Å². The molecule has 0 saturated heterocycles. The van der Waals surface area contributed by atoms with Gasteiger partial charge in [-0.1, -0.05) is 30.4 Å². The third-order valence-electron chi connectivity index (χ3n) is 4.28. The van der Waals surface area contributed by atoms with Crippen molar-refractivity contribution in [2.75, 3.05) is 6.79 Å². The van der Waals surface area contributed by atoms with Gasteiger partial charge >= 0.3 is 0 Å². The average molecular weight is 366 g/mol. The number of fused-ring (bicyclic) bond motifs is 2. The van der Waals surface area contributed by atoms with Crippen molar-refractivity contribution in [2.45, 2.75) is 19.9 Å². The minimum atomic E-state index is -0.302. The van der Waals surface area contributed by atoms with Crippen molar-refractivity contribution in [3.8, 4) is 11.5 Å². The number of allylic oxidation sites excluding steroid dienone is 1. The fourth-order valence-corrected chi connectivity index (χ4v) is 4.01. The highest BCUT2D eigenvalue weighted by Crippen LogP contribution is 2.32. The Bertz CT molecular complexity index is 1080. The molecule has 0 saturated carbocycles. The lowest BCUT2D eigenvalue weighted by atomic mass is 10.2. The Hall–Kier alpha value is -2.86. The van der Waals surface area contributed by atoms with E-state index in [4.69, 9.17) is 9.47 Å². The maximum atomic E-state index is 12.7. The summed E-state index contributed by atoms with van der Waals surface area (Å²) < 4.78 is 13.8. The zero-order valence-corrected chi connectivity index (χ0v) is 15.2. The second-order valence-electron chi connectivity index (χ2n) is 5.92. The number of benzene rings is 2. The van der Waals surface area contributed by atoms with Crippen molar-refractivity contribution < 1.29 is 14.3 Å². The first-order chi connectivity index (χ1) is 12.7. The maximum Gasteiger partial charge on any atom is 0.279 e. The normalized spacial score (nSPS) is 13.3. The van der Waals surface area contributed by atoms with Crippen LogP contribution < -0.4 is 14.3 Å². The molecule has 3 aromatic rings. The Morgan fingerprint density at radius 2 is 2.12 bits per heavy atom. The van der Waals surface area contributed by atoms with Crippen molar-refractivity contribution in [3.63, 3.8) is 0 Å². The molecule has 6 heteroatoms. The van der Waals surface area contributed by atoms with Crippen LogP contribution in [-0.2, 0) is 13.0 Å². The van der Waals surface area contributed by atoms with E-state index in [2.05, 4.69) is 36.7 Å². The minimum absolute atomic E-state index is 0.180. The molecule has 5 nitrogen and oxygen atoms in total. The second kappa shape index (κ2) is 6.80. The van der Waals surface area contributed by atoms with Crippen molar-refractivity contribution >= 4 is 27.5 Å². The zero-order valence-electron chi connectivity index (χ0n) is 14.4. The van der Waals surface area contributed by atoms with Crippen LogP contribution in [0, 0.1) is 0 Å². The summed E-state index contributed by atoms with van der Waals surface area (Å²) in [4.78, 5) is 17.7. The number of thiazole rings is 1. The lowest BCUT2D eigenvalue weighted by Gasteiger charge is -2.02. The standard InChI is InChI=1S/C20H18N2O3S/c1-3-9-22-15-7-5-13(4-2)10-18(15)26-20(22)21-19(23)14-6-8-16-17(11-14)25-12-24-16/h3,5-8,10-11H,1,4,9,12H2,2H3. The van der Waals surface area contributed by atoms with E-state index in [0.29, 0.717) is 28.4 Å². The number of aryl methyl sites for hydroxylation is 1. The Morgan fingerprint density at radius 1 is 1.27 bits per heavy atom. The quantitative estimate of drug-likeness (QED) is 0.658. The fraction of sp³-hybridized carbons (Fsp3) is 0.200. The lowest BCUT2D eigenvalue weighted by molar-refractivity contribution is 0.0997. The zero-order chi connectivity index (χ0) is 18.1. The smallest absolute Gasteiger partial charge is 0.279 e. The highest BCUT2D eigenvalue weighted by Gasteiger charge is 2.16. The molecule has 2 aromatic carbocycles. The van der Waals surface area contributed by atoms with Crippen LogP contribution in [0.1, 0.15) is 22.8 Å². The van der Waals surface area contributed by atoms with Gasteiger partial charge in [-0.2, -0.15) is 4.99 Å². The molecule has 1 aliphatic heterocycles. The number of ether oxygens (including phenoxy) is 2. The summed E-state index contributed by atoms with van der Waals surface area (Å²) in [5.74, 6) is 0.926. The van der Waals surface area contributed by atoms with E-state index >= 15 is 0 Å². The van der Waals surface area contributed by atoms with Gasteiger partial charge in [0.25, 0.3) is 5.91 Å². The van der Waals surface area contributed by atoms with Crippen LogP contribution in [0.4, 0.5) is 0 Å². The average Bonchev–Trinajstić information content (AvgIpc) is 3.25. The first kappa shape index (κ1) is 16.6. The van der Waals surface area contributed by atoms with Gasteiger partial charge in [-0.25, -0.2) is 0 Å². The molecule has 0 atom stereocenters. The highest BCUT2D eigenvalue weighted by atomic mass is 32.1. The number of amides is 1. The lowest BCUT2D eigenvalue weighted by Crippen LogP contribution is -2.16. The summed E-state index contributed by atoms with van der Waals surface area (Å²) >= 11 is 1.51. The number of carbonyl (C=O) groups excluding carboxylic acids is 1. The third kappa shape index (κ3) is 2.93. The van der Waals surface area contributed by atoms with Crippen LogP contribution in [0.2, 0.25) is 0 Å². The van der Waals surface area contributed by atoms with E-state index < -0.39 is 0 Å². The van der Waals surface area contributed by atoms with Gasteiger partial charge in [-0.05, 0) is 42.3 Å². The minimum Gasteiger partial charge on any atom is -0.454 e. The molecule has 2 heterocycles. The summed E-state index contributed by atoms with van der Waals surface area (Å²) in [7, 11) is 0. The van der Waals surface area contributed by atoms with E-state index in [1.54, 1.807) is 18.2 Å². The molecule has 1 aliphatic rings. The Balaban J connectivity index is 1.80. The van der Waals surface area contributed by atoms with E-state index in [-0.39, 0.29) is 12.7 Å². The molecule has 1 amide bonds.